The van der Waals surface area contributed by atoms with Gasteiger partial charge in [-0.25, -0.2) is 27.9 Å². The molecule has 2 aliphatic heterocycles. The first-order chi connectivity index (χ1) is 17.8. The largest absolute Gasteiger partial charge is 0.490 e. The summed E-state index contributed by atoms with van der Waals surface area (Å²) in [6.07, 6.45) is -6.44. The average Bonchev–Trinajstić information content (AvgIpc) is 3.43. The molecule has 0 atom stereocenters. The Hall–Kier alpha value is -3.44. The summed E-state index contributed by atoms with van der Waals surface area (Å²) in [4.78, 5) is 16.4. The van der Waals surface area contributed by atoms with Crippen molar-refractivity contribution in [1.29, 1.82) is 0 Å². The number of alkyl halides is 6. The highest BCUT2D eigenvalue weighted by molar-refractivity contribution is 7.89. The van der Waals surface area contributed by atoms with Gasteiger partial charge in [-0.15, -0.1) is 0 Å². The SMILES string of the molecule is Cc1ccc(S(=O)(=O)NC23COC(C)(C2)C3)cc1-c1cnc2c(N)nc(C(F)(F)F)cn12.O=C(O)C(F)(F)F. The van der Waals surface area contributed by atoms with Gasteiger partial charge in [-0.05, 0) is 44.4 Å². The van der Waals surface area contributed by atoms with Crippen LogP contribution in [0.4, 0.5) is 32.2 Å². The number of nitrogens with two attached hydrogens (primary N) is 1. The van der Waals surface area contributed by atoms with Crippen LogP contribution in [0.5, 0.6) is 0 Å². The molecule has 3 fully saturated rings. The smallest absolute Gasteiger partial charge is 0.475 e. The fourth-order valence-electron chi connectivity index (χ4n) is 4.73. The van der Waals surface area contributed by atoms with E-state index in [9.17, 15) is 34.8 Å². The number of nitrogen functional groups attached to an aromatic ring is 1. The van der Waals surface area contributed by atoms with Gasteiger partial charge in [0.25, 0.3) is 0 Å². The normalized spacial score (nSPS) is 22.8. The van der Waals surface area contributed by atoms with E-state index in [0.29, 0.717) is 30.6 Å². The molecule has 2 saturated heterocycles. The molecular formula is C22H21F6N5O5S. The first kappa shape index (κ1) is 28.6. The number of carbonyl (C=O) groups is 1. The van der Waals surface area contributed by atoms with Gasteiger partial charge < -0.3 is 15.6 Å². The van der Waals surface area contributed by atoms with Crippen molar-refractivity contribution < 1.29 is 49.4 Å². The lowest BCUT2D eigenvalue weighted by Gasteiger charge is -2.42. The molecule has 0 amide bonds. The molecule has 6 rings (SSSR count). The van der Waals surface area contributed by atoms with Crippen LogP contribution in [0, 0.1) is 6.92 Å². The van der Waals surface area contributed by atoms with Gasteiger partial charge >= 0.3 is 18.3 Å². The Morgan fingerprint density at radius 2 is 1.82 bits per heavy atom. The number of sulfonamides is 1. The second kappa shape index (κ2) is 9.06. The summed E-state index contributed by atoms with van der Waals surface area (Å²) >= 11 is 0. The van der Waals surface area contributed by atoms with E-state index in [4.69, 9.17) is 20.4 Å². The molecule has 17 heteroatoms. The van der Waals surface area contributed by atoms with Gasteiger partial charge in [0, 0.05) is 11.8 Å². The molecule has 212 valence electrons. The van der Waals surface area contributed by atoms with Crippen LogP contribution < -0.4 is 10.5 Å². The summed E-state index contributed by atoms with van der Waals surface area (Å²) < 4.78 is 107. The summed E-state index contributed by atoms with van der Waals surface area (Å²) in [5, 5.41) is 7.12. The zero-order chi connectivity index (χ0) is 29.2. The quantitative estimate of drug-likeness (QED) is 0.396. The van der Waals surface area contributed by atoms with Crippen molar-refractivity contribution in [3.05, 3.63) is 41.9 Å². The van der Waals surface area contributed by atoms with Crippen molar-refractivity contribution in [1.82, 2.24) is 19.1 Å². The molecule has 0 unspecified atom stereocenters. The van der Waals surface area contributed by atoms with Crippen LogP contribution in [-0.4, -0.2) is 57.8 Å². The van der Waals surface area contributed by atoms with Gasteiger partial charge in [-0.1, -0.05) is 6.07 Å². The number of benzene rings is 1. The second-order valence-electron chi connectivity index (χ2n) is 9.60. The monoisotopic (exact) mass is 581 g/mol. The minimum absolute atomic E-state index is 0.000927. The molecule has 3 aliphatic rings. The van der Waals surface area contributed by atoms with Crippen LogP contribution in [0.15, 0.2) is 35.5 Å². The van der Waals surface area contributed by atoms with E-state index >= 15 is 0 Å². The van der Waals surface area contributed by atoms with Gasteiger partial charge in [0.05, 0.1) is 34.5 Å². The first-order valence-corrected chi connectivity index (χ1v) is 12.5. The second-order valence-corrected chi connectivity index (χ2v) is 11.3. The van der Waals surface area contributed by atoms with Gasteiger partial charge in [-0.2, -0.15) is 26.3 Å². The summed E-state index contributed by atoms with van der Waals surface area (Å²) in [6.45, 7) is 3.98. The predicted molar refractivity (Wildman–Crippen MR) is 123 cm³/mol. The molecule has 1 aliphatic carbocycles. The van der Waals surface area contributed by atoms with Gasteiger partial charge in [0.2, 0.25) is 10.0 Å². The van der Waals surface area contributed by atoms with Gasteiger partial charge in [0.15, 0.2) is 17.2 Å². The fraction of sp³-hybridized carbons (Fsp3) is 0.409. The number of fused-ring (bicyclic) bond motifs is 2. The van der Waals surface area contributed by atoms with E-state index < -0.39 is 39.6 Å². The Morgan fingerprint density at radius 1 is 1.21 bits per heavy atom. The Labute approximate surface area is 216 Å². The number of carboxylic acids is 1. The van der Waals surface area contributed by atoms with E-state index in [1.165, 1.54) is 22.7 Å². The molecule has 1 aromatic carbocycles. The maximum atomic E-state index is 13.2. The molecule has 10 nitrogen and oxygen atoms in total. The predicted octanol–water partition coefficient (Wildman–Crippen LogP) is 3.54. The Kier molecular flexibility index (Phi) is 6.63. The number of ether oxygens (including phenoxy) is 1. The molecule has 3 aromatic rings. The number of nitrogens with zero attached hydrogens (tertiary/aromatic N) is 3. The summed E-state index contributed by atoms with van der Waals surface area (Å²) in [7, 11) is -3.89. The van der Waals surface area contributed by atoms with Gasteiger partial charge in [0.1, 0.15) is 0 Å². The number of aliphatic carboxylic acids is 1. The topological polar surface area (TPSA) is 149 Å². The van der Waals surface area contributed by atoms with Crippen LogP contribution in [0.1, 0.15) is 31.0 Å². The molecule has 1 saturated carbocycles. The van der Waals surface area contributed by atoms with Crippen molar-refractivity contribution in [2.24, 2.45) is 0 Å². The number of carboxylic acid groups (broad SMARTS) is 1. The number of aryl methyl sites for hydroxylation is 1. The molecule has 0 spiro atoms. The van der Waals surface area contributed by atoms with E-state index in [2.05, 4.69) is 14.7 Å². The van der Waals surface area contributed by atoms with Gasteiger partial charge in [-0.3, -0.25) is 4.40 Å². The standard InChI is InChI=1S/C20H20F3N5O3S.C2HF3O2/c1-11-3-4-12(32(29,30)27-19-8-18(2,9-19)31-10-19)5-13(11)14-6-25-17-16(24)26-15(7-28(14)17)20(21,22)23;3-2(4,5)1(6)7/h3-7,27H,8-10H2,1-2H3,(H2,24,26);(H,6,7). The van der Waals surface area contributed by atoms with Crippen molar-refractivity contribution in [3.63, 3.8) is 0 Å². The minimum atomic E-state index is -5.08. The number of imidazole rings is 1. The molecule has 4 heterocycles. The van der Waals surface area contributed by atoms with Crippen LogP contribution >= 0.6 is 0 Å². The highest BCUT2D eigenvalue weighted by atomic mass is 32.2. The van der Waals surface area contributed by atoms with E-state index in [1.807, 2.05) is 6.92 Å². The van der Waals surface area contributed by atoms with Crippen LogP contribution in [0.25, 0.3) is 16.9 Å². The average molecular weight is 581 g/mol. The summed E-state index contributed by atoms with van der Waals surface area (Å²) in [5.74, 6) is -3.13. The molecule has 2 aromatic heterocycles. The molecular weight excluding hydrogens is 560 g/mol. The number of halogens is 6. The number of hydrogen-bond acceptors (Lipinski definition) is 7. The minimum Gasteiger partial charge on any atom is -0.475 e. The third kappa shape index (κ3) is 5.51. The molecule has 4 N–H and O–H groups in total. The Balaban J connectivity index is 0.000000448. The third-order valence-corrected chi connectivity index (χ3v) is 7.90. The Bertz CT molecular complexity index is 1560. The lowest BCUT2D eigenvalue weighted by molar-refractivity contribution is -0.192. The number of aromatic nitrogens is 3. The summed E-state index contributed by atoms with van der Waals surface area (Å²) in [5.41, 5.74) is 5.01. The Morgan fingerprint density at radius 3 is 2.33 bits per heavy atom. The van der Waals surface area contributed by atoms with Crippen LogP contribution in [0.2, 0.25) is 0 Å². The lowest BCUT2D eigenvalue weighted by Crippen LogP contribution is -2.58. The van der Waals surface area contributed by atoms with E-state index in [1.54, 1.807) is 13.0 Å². The highest BCUT2D eigenvalue weighted by Crippen LogP contribution is 2.51. The highest BCUT2D eigenvalue weighted by Gasteiger charge is 2.61. The van der Waals surface area contributed by atoms with Crippen LogP contribution in [-0.2, 0) is 25.7 Å². The fourth-order valence-corrected chi connectivity index (χ4v) is 6.15. The molecule has 2 bridgehead atoms. The maximum absolute atomic E-state index is 13.2. The lowest BCUT2D eigenvalue weighted by atomic mass is 9.70. The molecule has 39 heavy (non-hydrogen) atoms. The van der Waals surface area contributed by atoms with E-state index in [-0.39, 0.29) is 27.7 Å². The van der Waals surface area contributed by atoms with Crippen molar-refractivity contribution in [2.45, 2.75) is 55.1 Å². The van der Waals surface area contributed by atoms with E-state index in [0.717, 1.165) is 6.20 Å². The van der Waals surface area contributed by atoms with Crippen LogP contribution in [0.3, 0.4) is 0 Å². The zero-order valence-electron chi connectivity index (χ0n) is 20.2. The van der Waals surface area contributed by atoms with Crippen molar-refractivity contribution in [3.8, 4) is 11.3 Å². The number of anilines is 1. The summed E-state index contributed by atoms with van der Waals surface area (Å²) in [6, 6.07) is 4.49. The van der Waals surface area contributed by atoms with Crippen molar-refractivity contribution in [2.75, 3.05) is 12.3 Å². The number of nitrogens with one attached hydrogen (secondary N) is 1. The third-order valence-electron chi connectivity index (χ3n) is 6.32. The number of rotatable bonds is 4. The molecule has 0 radical (unpaired) electrons. The first-order valence-electron chi connectivity index (χ1n) is 11.1. The zero-order valence-corrected chi connectivity index (χ0v) is 21.0. The maximum Gasteiger partial charge on any atom is 0.490 e. The number of hydrogen-bond donors (Lipinski definition) is 3. The van der Waals surface area contributed by atoms with Crippen molar-refractivity contribution >= 4 is 27.5 Å².